The van der Waals surface area contributed by atoms with Crippen molar-refractivity contribution in [1.82, 2.24) is 14.8 Å². The van der Waals surface area contributed by atoms with E-state index in [0.29, 0.717) is 20.9 Å². The number of fused-ring (bicyclic) bond motifs is 1. The summed E-state index contributed by atoms with van der Waals surface area (Å²) in [4.78, 5) is 5.34. The van der Waals surface area contributed by atoms with Gasteiger partial charge in [0.25, 0.3) is 0 Å². The standard InChI is InChI=1S/C18H11F4N3S2/c1-26-12-5-3-11(4-6-12)25-14(9-16(24-25)18(20,21)22)17-23-13-7-2-10(19)8-15(13)27-17/h2-9H,1H3. The molecule has 0 amide bonds. The third-order valence-corrected chi connectivity index (χ3v) is 5.67. The minimum atomic E-state index is -4.58. The van der Waals surface area contributed by atoms with Crippen molar-refractivity contribution in [1.29, 1.82) is 0 Å². The highest BCUT2D eigenvalue weighted by Gasteiger charge is 2.35. The minimum absolute atomic E-state index is 0.209. The van der Waals surface area contributed by atoms with Gasteiger partial charge in [0.15, 0.2) is 5.69 Å². The molecule has 0 atom stereocenters. The van der Waals surface area contributed by atoms with Crippen molar-refractivity contribution in [2.75, 3.05) is 6.26 Å². The summed E-state index contributed by atoms with van der Waals surface area (Å²) in [5.74, 6) is -0.421. The second kappa shape index (κ2) is 6.65. The molecule has 4 rings (SSSR count). The van der Waals surface area contributed by atoms with Gasteiger partial charge in [0.2, 0.25) is 0 Å². The van der Waals surface area contributed by atoms with E-state index in [2.05, 4.69) is 10.1 Å². The fraction of sp³-hybridized carbons (Fsp3) is 0.111. The van der Waals surface area contributed by atoms with Gasteiger partial charge in [-0.05, 0) is 54.8 Å². The van der Waals surface area contributed by atoms with Crippen LogP contribution in [-0.2, 0) is 6.18 Å². The Morgan fingerprint density at radius 2 is 1.78 bits per heavy atom. The first-order valence-electron chi connectivity index (χ1n) is 7.73. The van der Waals surface area contributed by atoms with Gasteiger partial charge in [0.05, 0.1) is 15.9 Å². The molecule has 0 aliphatic rings. The molecule has 2 heterocycles. The van der Waals surface area contributed by atoms with E-state index in [9.17, 15) is 17.6 Å². The average molecular weight is 409 g/mol. The molecule has 0 saturated heterocycles. The molecule has 0 radical (unpaired) electrons. The first kappa shape index (κ1) is 18.0. The summed E-state index contributed by atoms with van der Waals surface area (Å²) in [6.45, 7) is 0. The Hall–Kier alpha value is -2.39. The summed E-state index contributed by atoms with van der Waals surface area (Å²) in [6, 6.07) is 12.1. The largest absolute Gasteiger partial charge is 0.435 e. The molecule has 0 saturated carbocycles. The quantitative estimate of drug-likeness (QED) is 0.306. The lowest BCUT2D eigenvalue weighted by Gasteiger charge is -2.06. The van der Waals surface area contributed by atoms with Crippen molar-refractivity contribution in [2.24, 2.45) is 0 Å². The Labute approximate surface area is 159 Å². The highest BCUT2D eigenvalue weighted by molar-refractivity contribution is 7.98. The summed E-state index contributed by atoms with van der Waals surface area (Å²) >= 11 is 2.65. The number of thioether (sulfide) groups is 1. The number of nitrogens with zero attached hydrogens (tertiary/aromatic N) is 3. The van der Waals surface area contributed by atoms with E-state index in [4.69, 9.17) is 0 Å². The molecule has 2 aromatic carbocycles. The fourth-order valence-electron chi connectivity index (χ4n) is 2.60. The lowest BCUT2D eigenvalue weighted by Crippen LogP contribution is -2.07. The topological polar surface area (TPSA) is 30.7 Å². The summed E-state index contributed by atoms with van der Waals surface area (Å²) in [6.07, 6.45) is -2.67. The molecule has 0 spiro atoms. The molecule has 0 N–H and O–H groups in total. The van der Waals surface area contributed by atoms with Gasteiger partial charge in [-0.15, -0.1) is 23.1 Å². The number of alkyl halides is 3. The van der Waals surface area contributed by atoms with Crippen LogP contribution in [0, 0.1) is 5.82 Å². The number of hydrogen-bond donors (Lipinski definition) is 0. The molecule has 9 heteroatoms. The monoisotopic (exact) mass is 409 g/mol. The third kappa shape index (κ3) is 3.44. The Kier molecular flexibility index (Phi) is 4.43. The summed E-state index contributed by atoms with van der Waals surface area (Å²) < 4.78 is 54.9. The molecule has 138 valence electrons. The second-order valence-electron chi connectivity index (χ2n) is 5.65. The Morgan fingerprint density at radius 3 is 2.44 bits per heavy atom. The molecule has 0 fully saturated rings. The number of aromatic nitrogens is 3. The van der Waals surface area contributed by atoms with E-state index in [-0.39, 0.29) is 5.69 Å². The highest BCUT2D eigenvalue weighted by atomic mass is 32.2. The predicted octanol–water partition coefficient (Wildman–Crippen LogP) is 6.03. The maximum Gasteiger partial charge on any atom is 0.435 e. The van der Waals surface area contributed by atoms with Crippen LogP contribution in [0.2, 0.25) is 0 Å². The van der Waals surface area contributed by atoms with Crippen molar-refractivity contribution in [3.05, 3.63) is 60.0 Å². The van der Waals surface area contributed by atoms with Crippen LogP contribution in [0.25, 0.3) is 26.6 Å². The van der Waals surface area contributed by atoms with Crippen LogP contribution in [0.5, 0.6) is 0 Å². The molecular formula is C18H11F4N3S2. The smallest absolute Gasteiger partial charge is 0.234 e. The molecule has 0 bridgehead atoms. The maximum absolute atomic E-state index is 13.4. The van der Waals surface area contributed by atoms with Crippen molar-refractivity contribution < 1.29 is 17.6 Å². The van der Waals surface area contributed by atoms with Gasteiger partial charge in [-0.3, -0.25) is 0 Å². The van der Waals surface area contributed by atoms with E-state index in [1.165, 1.54) is 34.6 Å². The Balaban J connectivity index is 1.90. The van der Waals surface area contributed by atoms with Gasteiger partial charge in [-0.1, -0.05) is 0 Å². The summed E-state index contributed by atoms with van der Waals surface area (Å²) in [5.41, 5.74) is 0.219. The van der Waals surface area contributed by atoms with Crippen LogP contribution in [-0.4, -0.2) is 21.0 Å². The van der Waals surface area contributed by atoms with Gasteiger partial charge in [-0.25, -0.2) is 14.1 Å². The third-order valence-electron chi connectivity index (χ3n) is 3.89. The molecule has 0 unspecified atom stereocenters. The molecule has 0 aliphatic heterocycles. The highest BCUT2D eigenvalue weighted by Crippen LogP contribution is 2.36. The van der Waals surface area contributed by atoms with Gasteiger partial charge >= 0.3 is 6.18 Å². The SMILES string of the molecule is CSc1ccc(-n2nc(C(F)(F)F)cc2-c2nc3ccc(F)cc3s2)cc1. The summed E-state index contributed by atoms with van der Waals surface area (Å²) in [5, 5.41) is 4.09. The van der Waals surface area contributed by atoms with E-state index in [0.717, 1.165) is 22.3 Å². The van der Waals surface area contributed by atoms with E-state index in [1.807, 2.05) is 18.4 Å². The lowest BCUT2D eigenvalue weighted by molar-refractivity contribution is -0.141. The average Bonchev–Trinajstić information content (AvgIpc) is 3.25. The van der Waals surface area contributed by atoms with Crippen molar-refractivity contribution in [3.8, 4) is 16.4 Å². The number of hydrogen-bond acceptors (Lipinski definition) is 4. The van der Waals surface area contributed by atoms with Crippen LogP contribution >= 0.6 is 23.1 Å². The lowest BCUT2D eigenvalue weighted by atomic mass is 10.3. The molecular weight excluding hydrogens is 398 g/mol. The summed E-state index contributed by atoms with van der Waals surface area (Å²) in [7, 11) is 0. The van der Waals surface area contributed by atoms with Crippen LogP contribution < -0.4 is 0 Å². The van der Waals surface area contributed by atoms with Crippen LogP contribution in [0.4, 0.5) is 17.6 Å². The zero-order chi connectivity index (χ0) is 19.2. The Morgan fingerprint density at radius 1 is 1.04 bits per heavy atom. The van der Waals surface area contributed by atoms with Crippen molar-refractivity contribution in [2.45, 2.75) is 11.1 Å². The van der Waals surface area contributed by atoms with Crippen LogP contribution in [0.3, 0.4) is 0 Å². The first-order valence-corrected chi connectivity index (χ1v) is 9.77. The van der Waals surface area contributed by atoms with Crippen molar-refractivity contribution in [3.63, 3.8) is 0 Å². The molecule has 3 nitrogen and oxygen atoms in total. The van der Waals surface area contributed by atoms with Gasteiger partial charge < -0.3 is 0 Å². The number of rotatable bonds is 3. The zero-order valence-corrected chi connectivity index (χ0v) is 15.4. The normalized spacial score (nSPS) is 12.0. The molecule has 27 heavy (non-hydrogen) atoms. The van der Waals surface area contributed by atoms with Gasteiger partial charge in [0, 0.05) is 4.90 Å². The predicted molar refractivity (Wildman–Crippen MR) is 98.9 cm³/mol. The van der Waals surface area contributed by atoms with Crippen LogP contribution in [0.15, 0.2) is 53.4 Å². The first-order chi connectivity index (χ1) is 12.8. The van der Waals surface area contributed by atoms with Gasteiger partial charge in [0.1, 0.15) is 16.5 Å². The number of benzene rings is 2. The molecule has 2 aromatic heterocycles. The van der Waals surface area contributed by atoms with Gasteiger partial charge in [-0.2, -0.15) is 18.3 Å². The zero-order valence-electron chi connectivity index (χ0n) is 13.8. The molecule has 4 aromatic rings. The molecule has 0 aliphatic carbocycles. The Bertz CT molecular complexity index is 1110. The maximum atomic E-state index is 13.4. The minimum Gasteiger partial charge on any atom is -0.234 e. The number of thiazole rings is 1. The number of halogens is 4. The van der Waals surface area contributed by atoms with E-state index in [1.54, 1.807) is 12.1 Å². The second-order valence-corrected chi connectivity index (χ2v) is 7.56. The van der Waals surface area contributed by atoms with Crippen LogP contribution in [0.1, 0.15) is 5.69 Å². The van der Waals surface area contributed by atoms with E-state index < -0.39 is 17.7 Å². The van der Waals surface area contributed by atoms with Crippen molar-refractivity contribution >= 4 is 33.3 Å². The fourth-order valence-corrected chi connectivity index (χ4v) is 4.00. The van der Waals surface area contributed by atoms with E-state index >= 15 is 0 Å².